The van der Waals surface area contributed by atoms with Crippen molar-refractivity contribution in [2.45, 2.75) is 33.6 Å². The van der Waals surface area contributed by atoms with Crippen LogP contribution in [0.2, 0.25) is 0 Å². The van der Waals surface area contributed by atoms with E-state index in [9.17, 15) is 0 Å². The largest absolute Gasteiger partial charge is 0.369 e. The molecule has 0 aliphatic heterocycles. The SMILES string of the molecule is Cc1ccc2[nH]c3c(c2c1)C(=NN=C(N)N)CC(C)(C)C3. The maximum absolute atomic E-state index is 5.42. The number of nitrogens with zero attached hydrogens (tertiary/aromatic N) is 2. The molecule has 1 aromatic carbocycles. The minimum Gasteiger partial charge on any atom is -0.369 e. The van der Waals surface area contributed by atoms with Crippen LogP contribution in [0.3, 0.4) is 0 Å². The number of hydrogen-bond donors (Lipinski definition) is 3. The fourth-order valence-corrected chi connectivity index (χ4v) is 3.11. The van der Waals surface area contributed by atoms with Gasteiger partial charge in [-0.05, 0) is 37.3 Å². The van der Waals surface area contributed by atoms with Gasteiger partial charge in [-0.25, -0.2) is 0 Å². The average Bonchev–Trinajstić information content (AvgIpc) is 2.71. The zero-order chi connectivity index (χ0) is 15.2. The first kappa shape index (κ1) is 13.7. The number of hydrogen-bond acceptors (Lipinski definition) is 2. The van der Waals surface area contributed by atoms with Crippen molar-refractivity contribution >= 4 is 22.6 Å². The van der Waals surface area contributed by atoms with Crippen molar-refractivity contribution in [1.29, 1.82) is 0 Å². The molecule has 1 aliphatic carbocycles. The van der Waals surface area contributed by atoms with Gasteiger partial charge >= 0.3 is 0 Å². The van der Waals surface area contributed by atoms with Crippen LogP contribution in [0.25, 0.3) is 10.9 Å². The lowest BCUT2D eigenvalue weighted by atomic mass is 9.75. The van der Waals surface area contributed by atoms with Gasteiger partial charge in [0.1, 0.15) is 0 Å². The maximum Gasteiger partial charge on any atom is 0.211 e. The predicted octanol–water partition coefficient (Wildman–Crippen LogP) is 2.43. The second kappa shape index (κ2) is 4.62. The first-order valence-corrected chi connectivity index (χ1v) is 7.13. The van der Waals surface area contributed by atoms with Crippen LogP contribution in [0.4, 0.5) is 0 Å². The third-order valence-electron chi connectivity index (χ3n) is 3.91. The molecule has 0 bridgehead atoms. The Hall–Kier alpha value is -2.30. The van der Waals surface area contributed by atoms with Crippen LogP contribution in [0, 0.1) is 12.3 Å². The van der Waals surface area contributed by atoms with Gasteiger partial charge in [-0.1, -0.05) is 25.5 Å². The van der Waals surface area contributed by atoms with Crippen molar-refractivity contribution < 1.29 is 0 Å². The van der Waals surface area contributed by atoms with Crippen molar-refractivity contribution in [3.63, 3.8) is 0 Å². The van der Waals surface area contributed by atoms with E-state index in [-0.39, 0.29) is 11.4 Å². The van der Waals surface area contributed by atoms with Crippen LogP contribution in [-0.2, 0) is 6.42 Å². The van der Waals surface area contributed by atoms with E-state index in [0.29, 0.717) is 0 Å². The molecule has 0 spiro atoms. The molecule has 0 amide bonds. The highest BCUT2D eigenvalue weighted by atomic mass is 15.3. The molecule has 0 saturated carbocycles. The van der Waals surface area contributed by atoms with E-state index in [1.807, 2.05) is 0 Å². The summed E-state index contributed by atoms with van der Waals surface area (Å²) >= 11 is 0. The van der Waals surface area contributed by atoms with Gasteiger partial charge in [0.05, 0.1) is 5.71 Å². The molecule has 0 fully saturated rings. The second-order valence-corrected chi connectivity index (χ2v) is 6.62. The van der Waals surface area contributed by atoms with Crippen LogP contribution in [0.15, 0.2) is 28.4 Å². The molecule has 5 heteroatoms. The van der Waals surface area contributed by atoms with Gasteiger partial charge in [-0.3, -0.25) is 0 Å². The highest BCUT2D eigenvalue weighted by Crippen LogP contribution is 2.38. The van der Waals surface area contributed by atoms with Gasteiger partial charge in [-0.15, -0.1) is 5.10 Å². The Balaban J connectivity index is 2.26. The number of aromatic nitrogens is 1. The van der Waals surface area contributed by atoms with Crippen LogP contribution >= 0.6 is 0 Å². The summed E-state index contributed by atoms with van der Waals surface area (Å²) in [6, 6.07) is 6.42. The fraction of sp³-hybridized carbons (Fsp3) is 0.375. The van der Waals surface area contributed by atoms with E-state index in [0.717, 1.165) is 29.6 Å². The lowest BCUT2D eigenvalue weighted by Gasteiger charge is -2.30. The van der Waals surface area contributed by atoms with E-state index in [1.54, 1.807) is 0 Å². The number of rotatable bonds is 1. The van der Waals surface area contributed by atoms with Crippen molar-refractivity contribution in [2.24, 2.45) is 27.1 Å². The molecule has 110 valence electrons. The summed E-state index contributed by atoms with van der Waals surface area (Å²) in [5.41, 5.74) is 16.7. The Morgan fingerprint density at radius 2 is 2.00 bits per heavy atom. The molecule has 0 radical (unpaired) electrons. The summed E-state index contributed by atoms with van der Waals surface area (Å²) in [7, 11) is 0. The third-order valence-corrected chi connectivity index (χ3v) is 3.91. The summed E-state index contributed by atoms with van der Waals surface area (Å²) in [4.78, 5) is 3.52. The number of benzene rings is 1. The Kier molecular flexibility index (Phi) is 3.01. The summed E-state index contributed by atoms with van der Waals surface area (Å²) in [6.07, 6.45) is 1.86. The van der Waals surface area contributed by atoms with Crippen molar-refractivity contribution in [1.82, 2.24) is 4.98 Å². The summed E-state index contributed by atoms with van der Waals surface area (Å²) in [5, 5.41) is 9.37. The zero-order valence-corrected chi connectivity index (χ0v) is 12.7. The Labute approximate surface area is 124 Å². The fourth-order valence-electron chi connectivity index (χ4n) is 3.11. The van der Waals surface area contributed by atoms with Crippen molar-refractivity contribution in [3.05, 3.63) is 35.0 Å². The number of nitrogens with two attached hydrogens (primary N) is 2. The molecule has 1 aliphatic rings. The van der Waals surface area contributed by atoms with Crippen molar-refractivity contribution in [2.75, 3.05) is 0 Å². The van der Waals surface area contributed by atoms with Crippen LogP contribution in [-0.4, -0.2) is 16.7 Å². The molecule has 0 atom stereocenters. The average molecular weight is 283 g/mol. The molecular weight excluding hydrogens is 262 g/mol. The minimum atomic E-state index is -0.0107. The summed E-state index contributed by atoms with van der Waals surface area (Å²) < 4.78 is 0. The highest BCUT2D eigenvalue weighted by molar-refractivity contribution is 6.13. The number of nitrogens with one attached hydrogen (secondary N) is 1. The topological polar surface area (TPSA) is 92.5 Å². The molecular formula is C16H21N5. The lowest BCUT2D eigenvalue weighted by Crippen LogP contribution is -2.27. The third kappa shape index (κ3) is 2.51. The van der Waals surface area contributed by atoms with E-state index in [4.69, 9.17) is 11.5 Å². The Morgan fingerprint density at radius 1 is 1.24 bits per heavy atom. The molecule has 1 aromatic heterocycles. The number of fused-ring (bicyclic) bond motifs is 3. The Bertz CT molecular complexity index is 760. The maximum atomic E-state index is 5.42. The molecule has 2 aromatic rings. The summed E-state index contributed by atoms with van der Waals surface area (Å²) in [6.45, 7) is 6.56. The van der Waals surface area contributed by atoms with E-state index in [1.165, 1.54) is 16.6 Å². The van der Waals surface area contributed by atoms with E-state index in [2.05, 4.69) is 54.2 Å². The van der Waals surface area contributed by atoms with Gasteiger partial charge in [0.15, 0.2) is 0 Å². The van der Waals surface area contributed by atoms with E-state index < -0.39 is 0 Å². The first-order valence-electron chi connectivity index (χ1n) is 7.13. The standard InChI is InChI=1S/C16H21N5/c1-9-4-5-11-10(6-9)14-12(19-11)7-16(2,3)8-13(14)20-21-15(17)18/h4-6,19H,7-8H2,1-3H3,(H4,17,18,21). The molecule has 5 N–H and O–H groups in total. The molecule has 3 rings (SSSR count). The quantitative estimate of drug-likeness (QED) is 0.426. The van der Waals surface area contributed by atoms with Crippen LogP contribution in [0.1, 0.15) is 37.1 Å². The lowest BCUT2D eigenvalue weighted by molar-refractivity contribution is 0.369. The Morgan fingerprint density at radius 3 is 2.71 bits per heavy atom. The summed E-state index contributed by atoms with van der Waals surface area (Å²) in [5.74, 6) is -0.0107. The monoisotopic (exact) mass is 283 g/mol. The normalized spacial score (nSPS) is 18.7. The number of guanidine groups is 1. The molecule has 21 heavy (non-hydrogen) atoms. The number of aromatic amines is 1. The first-order chi connectivity index (χ1) is 9.85. The van der Waals surface area contributed by atoms with Gasteiger partial charge in [0.25, 0.3) is 0 Å². The molecule has 0 unspecified atom stereocenters. The smallest absolute Gasteiger partial charge is 0.211 e. The molecule has 1 heterocycles. The van der Waals surface area contributed by atoms with Gasteiger partial charge in [0, 0.05) is 22.2 Å². The molecule has 0 saturated heterocycles. The van der Waals surface area contributed by atoms with Gasteiger partial charge in [0.2, 0.25) is 5.96 Å². The van der Waals surface area contributed by atoms with E-state index >= 15 is 0 Å². The number of aryl methyl sites for hydroxylation is 1. The zero-order valence-electron chi connectivity index (χ0n) is 12.7. The number of H-pyrrole nitrogens is 1. The highest BCUT2D eigenvalue weighted by Gasteiger charge is 2.32. The minimum absolute atomic E-state index is 0.0107. The predicted molar refractivity (Wildman–Crippen MR) is 87.5 cm³/mol. The second-order valence-electron chi connectivity index (χ2n) is 6.62. The van der Waals surface area contributed by atoms with Gasteiger partial charge in [-0.2, -0.15) is 5.10 Å². The molecule has 5 nitrogen and oxygen atoms in total. The van der Waals surface area contributed by atoms with Crippen LogP contribution in [0.5, 0.6) is 0 Å². The van der Waals surface area contributed by atoms with Crippen LogP contribution < -0.4 is 11.5 Å². The van der Waals surface area contributed by atoms with Gasteiger partial charge < -0.3 is 16.5 Å². The van der Waals surface area contributed by atoms with Crippen molar-refractivity contribution in [3.8, 4) is 0 Å².